The number of esters is 1. The van der Waals surface area contributed by atoms with Crippen molar-refractivity contribution in [2.45, 2.75) is 58.0 Å². The molecule has 0 fully saturated rings. The molecule has 2 aliphatic rings. The first-order chi connectivity index (χ1) is 21.3. The molecule has 13 nitrogen and oxygen atoms in total. The van der Waals surface area contributed by atoms with Crippen molar-refractivity contribution in [1.29, 1.82) is 0 Å². The number of halogens is 1. The van der Waals surface area contributed by atoms with Gasteiger partial charge in [0.1, 0.15) is 18.6 Å². The number of nitrogens with one attached hydrogen (secondary N) is 2. The molecular weight excluding hydrogens is 610 g/mol. The van der Waals surface area contributed by atoms with Gasteiger partial charge in [-0.3, -0.25) is 19.2 Å². The molecule has 2 amide bonds. The Hall–Kier alpha value is -3.78. The molecule has 0 radical (unpaired) electrons. The Kier molecular flexibility index (Phi) is 14.7. The van der Waals surface area contributed by atoms with Gasteiger partial charge in [-0.25, -0.2) is 4.79 Å². The summed E-state index contributed by atoms with van der Waals surface area (Å²) in [6, 6.07) is 0. The second-order valence-electron chi connectivity index (χ2n) is 10.8. The van der Waals surface area contributed by atoms with Crippen molar-refractivity contribution >= 4 is 41.1 Å². The maximum absolute atomic E-state index is 13.5. The zero-order chi connectivity index (χ0) is 33.8. The van der Waals surface area contributed by atoms with Crippen LogP contribution in [0, 0.1) is 11.8 Å². The van der Waals surface area contributed by atoms with Gasteiger partial charge in [-0.1, -0.05) is 38.2 Å². The minimum atomic E-state index is -1.22. The number of Topliss-reactive ketones (excluding diaryl/α,β-unsaturated/α-hetero) is 1. The van der Waals surface area contributed by atoms with E-state index in [4.69, 9.17) is 36.3 Å². The molecule has 45 heavy (non-hydrogen) atoms. The summed E-state index contributed by atoms with van der Waals surface area (Å²) in [5, 5.41) is 16.7. The topological polar surface area (TPSA) is 193 Å². The lowest BCUT2D eigenvalue weighted by molar-refractivity contribution is -0.140. The average molecular weight is 652 g/mol. The monoisotopic (exact) mass is 651 g/mol. The maximum atomic E-state index is 13.5. The van der Waals surface area contributed by atoms with E-state index in [1.54, 1.807) is 13.0 Å². The highest BCUT2D eigenvalue weighted by Crippen LogP contribution is 2.29. The molecule has 14 heteroatoms. The van der Waals surface area contributed by atoms with Crippen LogP contribution in [0.15, 0.2) is 58.5 Å². The fourth-order valence-corrected chi connectivity index (χ4v) is 5.13. The van der Waals surface area contributed by atoms with Crippen LogP contribution in [-0.2, 0) is 38.1 Å². The summed E-state index contributed by atoms with van der Waals surface area (Å²) >= 11 is 5.61. The third-order valence-electron chi connectivity index (χ3n) is 7.42. The number of ether oxygens (including phenoxy) is 4. The molecule has 5 N–H and O–H groups in total. The normalized spacial score (nSPS) is 30.2. The Labute approximate surface area is 267 Å². The van der Waals surface area contributed by atoms with Crippen LogP contribution in [0.4, 0.5) is 4.79 Å². The number of nitrogens with two attached hydrogens (primary N) is 1. The van der Waals surface area contributed by atoms with Gasteiger partial charge >= 0.3 is 12.1 Å². The summed E-state index contributed by atoms with van der Waals surface area (Å²) in [6.45, 7) is 4.66. The van der Waals surface area contributed by atoms with Gasteiger partial charge in [-0.05, 0) is 25.7 Å². The number of fused-ring (bicyclic) bond motifs is 2. The highest BCUT2D eigenvalue weighted by Gasteiger charge is 2.34. The minimum Gasteiger partial charge on any atom is -0.460 e. The van der Waals surface area contributed by atoms with Crippen molar-refractivity contribution in [2.24, 2.45) is 17.6 Å². The smallest absolute Gasteiger partial charge is 0.405 e. The molecule has 0 saturated carbocycles. The number of aliphatic hydroxyl groups excluding tert-OH is 1. The van der Waals surface area contributed by atoms with Crippen molar-refractivity contribution in [1.82, 2.24) is 10.6 Å². The highest BCUT2D eigenvalue weighted by atomic mass is 35.5. The standard InChI is InChI=1S/C31H42ClN3O10/c1-16-10-20-26(34-4)22(36)13-21(28(20)39)35-30(40)17(2)8-7-9-23(42-5)29(45-31(33)41)19(15-44-25(37)14-32)12-18(3)27(38)24(11-16)43-6/h7-9,12-13,16,18,23-24,27,29,34,38H,10-11,14-15H2,1-6H3,(H2,33,41)(H,35,40)/b9-7-,17-8+,19-12+/t16-,18+,23+,24+,27-,29+/m1/s1. The van der Waals surface area contributed by atoms with Crippen molar-refractivity contribution in [3.8, 4) is 0 Å². The summed E-state index contributed by atoms with van der Waals surface area (Å²) in [6.07, 6.45) is 2.21. The van der Waals surface area contributed by atoms with Crippen LogP contribution in [0.3, 0.4) is 0 Å². The summed E-state index contributed by atoms with van der Waals surface area (Å²) in [5.74, 6) is -3.69. The van der Waals surface area contributed by atoms with Gasteiger partial charge in [0.05, 0.1) is 23.6 Å². The summed E-state index contributed by atoms with van der Waals surface area (Å²) < 4.78 is 21.8. The van der Waals surface area contributed by atoms with E-state index in [1.165, 1.54) is 46.4 Å². The molecule has 0 aromatic heterocycles. The number of hydrogen-bond donors (Lipinski definition) is 4. The number of ketones is 2. The third kappa shape index (κ3) is 10.4. The SMILES string of the molecule is CNC1=C2C[C@@H](C)C[C@H](OC)[C@H](O)[C@@H](C)/C=C(\COC(=O)CCl)[C@H](OC(N)=O)[C@@H](OC)/C=C\C=C(/C)C(=O)NC(=CC1=O)C2=O. The van der Waals surface area contributed by atoms with Gasteiger partial charge in [0.2, 0.25) is 11.6 Å². The molecule has 1 aliphatic carbocycles. The third-order valence-corrected chi connectivity index (χ3v) is 7.64. The van der Waals surface area contributed by atoms with Crippen LogP contribution in [0.25, 0.3) is 0 Å². The zero-order valence-electron chi connectivity index (χ0n) is 26.3. The Balaban J connectivity index is 2.69. The number of allylic oxidation sites excluding steroid dienone is 4. The van der Waals surface area contributed by atoms with E-state index >= 15 is 0 Å². The maximum Gasteiger partial charge on any atom is 0.405 e. The molecule has 1 heterocycles. The molecule has 2 rings (SSSR count). The molecule has 2 bridgehead atoms. The van der Waals surface area contributed by atoms with E-state index in [9.17, 15) is 29.1 Å². The highest BCUT2D eigenvalue weighted by molar-refractivity contribution is 6.26. The summed E-state index contributed by atoms with van der Waals surface area (Å²) in [4.78, 5) is 63.2. The van der Waals surface area contributed by atoms with Gasteiger partial charge in [0, 0.05) is 50.0 Å². The van der Waals surface area contributed by atoms with E-state index in [2.05, 4.69) is 10.6 Å². The fourth-order valence-electron chi connectivity index (χ4n) is 5.05. The number of amides is 2. The van der Waals surface area contributed by atoms with Crippen molar-refractivity contribution in [2.75, 3.05) is 33.8 Å². The van der Waals surface area contributed by atoms with Crippen LogP contribution in [0.1, 0.15) is 33.6 Å². The lowest BCUT2D eigenvalue weighted by Crippen LogP contribution is -2.39. The van der Waals surface area contributed by atoms with E-state index < -0.39 is 65.7 Å². The average Bonchev–Trinajstić information content (AvgIpc) is 3.00. The molecule has 0 aromatic rings. The largest absolute Gasteiger partial charge is 0.460 e. The number of carbonyl (C=O) groups is 5. The van der Waals surface area contributed by atoms with Crippen LogP contribution in [-0.4, -0.2) is 92.8 Å². The van der Waals surface area contributed by atoms with Crippen LogP contribution in [0.5, 0.6) is 0 Å². The van der Waals surface area contributed by atoms with E-state index in [0.717, 1.165) is 6.08 Å². The van der Waals surface area contributed by atoms with Crippen molar-refractivity contribution in [3.05, 3.63) is 58.5 Å². The van der Waals surface area contributed by atoms with Crippen LogP contribution < -0.4 is 16.4 Å². The second-order valence-corrected chi connectivity index (χ2v) is 11.1. The molecule has 0 aromatic carbocycles. The lowest BCUT2D eigenvalue weighted by atomic mass is 9.85. The van der Waals surface area contributed by atoms with Crippen molar-refractivity contribution in [3.63, 3.8) is 0 Å². The minimum absolute atomic E-state index is 0.124. The van der Waals surface area contributed by atoms with Gasteiger partial charge in [0.15, 0.2) is 6.10 Å². The predicted octanol–water partition coefficient (Wildman–Crippen LogP) is 1.74. The number of aliphatic hydroxyl groups is 1. The Morgan fingerprint density at radius 1 is 1.18 bits per heavy atom. The lowest BCUT2D eigenvalue weighted by Gasteiger charge is -2.30. The quantitative estimate of drug-likeness (QED) is 0.136. The Morgan fingerprint density at radius 3 is 2.44 bits per heavy atom. The number of hydrogen-bond acceptors (Lipinski definition) is 11. The molecule has 0 saturated heterocycles. The van der Waals surface area contributed by atoms with Gasteiger partial charge in [-0.15, -0.1) is 11.6 Å². The molecule has 0 unspecified atom stereocenters. The van der Waals surface area contributed by atoms with Crippen LogP contribution >= 0.6 is 11.6 Å². The molecule has 0 spiro atoms. The van der Waals surface area contributed by atoms with E-state index in [1.807, 2.05) is 6.92 Å². The zero-order valence-corrected chi connectivity index (χ0v) is 27.0. The number of methoxy groups -OCH3 is 2. The Bertz CT molecular complexity index is 1300. The predicted molar refractivity (Wildman–Crippen MR) is 165 cm³/mol. The number of primary amides is 1. The van der Waals surface area contributed by atoms with Gasteiger partial charge in [-0.2, -0.15) is 0 Å². The number of alkyl halides is 1. The van der Waals surface area contributed by atoms with Gasteiger partial charge < -0.3 is 40.4 Å². The van der Waals surface area contributed by atoms with Crippen LogP contribution in [0.2, 0.25) is 0 Å². The first-order valence-electron chi connectivity index (χ1n) is 14.3. The van der Waals surface area contributed by atoms with Gasteiger partial charge in [0.25, 0.3) is 5.91 Å². The number of likely N-dealkylation sites (N-methyl/N-ethyl adjacent to an activating group) is 1. The molecule has 1 aliphatic heterocycles. The Morgan fingerprint density at radius 2 is 1.87 bits per heavy atom. The summed E-state index contributed by atoms with van der Waals surface area (Å²) in [5.41, 5.74) is 5.95. The number of rotatable bonds is 7. The molecule has 248 valence electrons. The summed E-state index contributed by atoms with van der Waals surface area (Å²) in [7, 11) is 4.31. The first kappa shape index (κ1) is 37.4. The molecule has 6 atom stereocenters. The number of carbonyl (C=O) groups excluding carboxylic acids is 5. The van der Waals surface area contributed by atoms with E-state index in [-0.39, 0.29) is 53.5 Å². The molecular formula is C31H42ClN3O10. The first-order valence-corrected chi connectivity index (χ1v) is 14.8. The van der Waals surface area contributed by atoms with E-state index in [0.29, 0.717) is 0 Å². The second kappa shape index (κ2) is 17.6. The van der Waals surface area contributed by atoms with Crippen molar-refractivity contribution < 1.29 is 48.0 Å². The fraction of sp³-hybridized carbons (Fsp3) is 0.516.